The SMILES string of the molecule is COc1cc(/C=N\NC(=O)OC(C)(C)C)cc(I)c1OC. The van der Waals surface area contributed by atoms with Gasteiger partial charge in [0.05, 0.1) is 24.0 Å². The smallest absolute Gasteiger partial charge is 0.428 e. The molecule has 1 aromatic rings. The molecule has 0 heterocycles. The number of carbonyl (C=O) groups excluding carboxylic acids is 1. The number of hydrogen-bond donors (Lipinski definition) is 1. The lowest BCUT2D eigenvalue weighted by Gasteiger charge is -2.18. The van der Waals surface area contributed by atoms with Crippen molar-refractivity contribution in [3.05, 3.63) is 21.3 Å². The van der Waals surface area contributed by atoms with Crippen molar-refractivity contribution in [2.75, 3.05) is 14.2 Å². The highest BCUT2D eigenvalue weighted by Crippen LogP contribution is 2.32. The van der Waals surface area contributed by atoms with Gasteiger partial charge in [0.15, 0.2) is 11.5 Å². The first kappa shape index (κ1) is 17.5. The van der Waals surface area contributed by atoms with Crippen LogP contribution in [0, 0.1) is 3.57 Å². The van der Waals surface area contributed by atoms with E-state index >= 15 is 0 Å². The molecule has 116 valence electrons. The van der Waals surface area contributed by atoms with Gasteiger partial charge >= 0.3 is 6.09 Å². The summed E-state index contributed by atoms with van der Waals surface area (Å²) in [6.45, 7) is 5.35. The summed E-state index contributed by atoms with van der Waals surface area (Å²) in [5, 5.41) is 3.85. The summed E-state index contributed by atoms with van der Waals surface area (Å²) in [6, 6.07) is 3.63. The van der Waals surface area contributed by atoms with Gasteiger partial charge in [-0.05, 0) is 61.1 Å². The molecule has 7 heteroatoms. The lowest BCUT2D eigenvalue weighted by molar-refractivity contribution is 0.0529. The lowest BCUT2D eigenvalue weighted by atomic mass is 10.2. The number of hydrogen-bond acceptors (Lipinski definition) is 5. The number of carbonyl (C=O) groups is 1. The van der Waals surface area contributed by atoms with Gasteiger partial charge in [-0.3, -0.25) is 0 Å². The summed E-state index contributed by atoms with van der Waals surface area (Å²) >= 11 is 2.14. The molecule has 0 radical (unpaired) electrons. The Hall–Kier alpha value is -1.51. The van der Waals surface area contributed by atoms with E-state index in [4.69, 9.17) is 14.2 Å². The van der Waals surface area contributed by atoms with Crippen LogP contribution in [0.2, 0.25) is 0 Å². The van der Waals surface area contributed by atoms with E-state index in [1.165, 1.54) is 6.21 Å². The van der Waals surface area contributed by atoms with Crippen LogP contribution in [0.3, 0.4) is 0 Å². The Kier molecular flexibility index (Phi) is 6.25. The maximum atomic E-state index is 11.4. The fraction of sp³-hybridized carbons (Fsp3) is 0.429. The minimum Gasteiger partial charge on any atom is -0.493 e. The summed E-state index contributed by atoms with van der Waals surface area (Å²) in [4.78, 5) is 11.4. The molecule has 0 aliphatic heterocycles. The van der Waals surface area contributed by atoms with Crippen LogP contribution in [0.5, 0.6) is 11.5 Å². The molecule has 1 amide bonds. The lowest BCUT2D eigenvalue weighted by Crippen LogP contribution is -2.29. The van der Waals surface area contributed by atoms with Crippen LogP contribution in [0.1, 0.15) is 26.3 Å². The van der Waals surface area contributed by atoms with Gasteiger partial charge in [0.2, 0.25) is 0 Å². The van der Waals surface area contributed by atoms with E-state index in [-0.39, 0.29) is 0 Å². The first-order valence-corrected chi connectivity index (χ1v) is 7.28. The second-order valence-electron chi connectivity index (χ2n) is 5.11. The molecule has 0 saturated heterocycles. The molecular formula is C14H19IN2O4. The van der Waals surface area contributed by atoms with Gasteiger partial charge in [-0.15, -0.1) is 0 Å². The number of benzene rings is 1. The van der Waals surface area contributed by atoms with E-state index in [1.54, 1.807) is 41.1 Å². The second-order valence-corrected chi connectivity index (χ2v) is 6.27. The third-order valence-corrected chi connectivity index (χ3v) is 3.03. The third-order valence-electron chi connectivity index (χ3n) is 2.22. The van der Waals surface area contributed by atoms with Crippen molar-refractivity contribution in [1.82, 2.24) is 5.43 Å². The summed E-state index contributed by atoms with van der Waals surface area (Å²) < 4.78 is 16.5. The van der Waals surface area contributed by atoms with Crippen LogP contribution in [0.4, 0.5) is 4.79 Å². The van der Waals surface area contributed by atoms with Crippen LogP contribution in [-0.4, -0.2) is 32.1 Å². The van der Waals surface area contributed by atoms with Crippen LogP contribution in [-0.2, 0) is 4.74 Å². The molecule has 0 atom stereocenters. The predicted molar refractivity (Wildman–Crippen MR) is 89.2 cm³/mol. The first-order chi connectivity index (χ1) is 9.76. The molecule has 1 aromatic carbocycles. The topological polar surface area (TPSA) is 69.2 Å². The molecule has 0 saturated carbocycles. The molecule has 21 heavy (non-hydrogen) atoms. The standard InChI is InChI=1S/C14H19IN2O4/c1-14(2,3)21-13(18)17-16-8-9-6-10(15)12(20-5)11(7-9)19-4/h6-8H,1-5H3,(H,17,18)/b16-8-. The molecule has 0 bridgehead atoms. The van der Waals surface area contributed by atoms with Gasteiger partial charge in [0.1, 0.15) is 5.60 Å². The molecular weight excluding hydrogens is 387 g/mol. The highest BCUT2D eigenvalue weighted by atomic mass is 127. The van der Waals surface area contributed by atoms with Crippen LogP contribution >= 0.6 is 22.6 Å². The average Bonchev–Trinajstić information content (AvgIpc) is 2.35. The fourth-order valence-corrected chi connectivity index (χ4v) is 2.32. The highest BCUT2D eigenvalue weighted by Gasteiger charge is 2.15. The Morgan fingerprint density at radius 2 is 1.95 bits per heavy atom. The van der Waals surface area contributed by atoms with E-state index in [0.717, 1.165) is 9.13 Å². The van der Waals surface area contributed by atoms with Gasteiger partial charge in [-0.1, -0.05) is 0 Å². The maximum Gasteiger partial charge on any atom is 0.428 e. The molecule has 1 N–H and O–H groups in total. The zero-order chi connectivity index (χ0) is 16.0. The Bertz CT molecular complexity index is 539. The number of amides is 1. The Morgan fingerprint density at radius 3 is 2.48 bits per heavy atom. The molecule has 0 aliphatic carbocycles. The van der Waals surface area contributed by atoms with Gasteiger partial charge < -0.3 is 14.2 Å². The van der Waals surface area contributed by atoms with Crippen molar-refractivity contribution in [2.45, 2.75) is 26.4 Å². The first-order valence-electron chi connectivity index (χ1n) is 6.20. The number of rotatable bonds is 4. The number of nitrogens with zero attached hydrogens (tertiary/aromatic N) is 1. The fourth-order valence-electron chi connectivity index (χ4n) is 1.47. The summed E-state index contributed by atoms with van der Waals surface area (Å²) in [6.07, 6.45) is 0.905. The molecule has 0 aliphatic rings. The summed E-state index contributed by atoms with van der Waals surface area (Å²) in [5.74, 6) is 1.26. The molecule has 6 nitrogen and oxygen atoms in total. The van der Waals surface area contributed by atoms with Gasteiger partial charge in [-0.25, -0.2) is 10.2 Å². The molecule has 1 rings (SSSR count). The van der Waals surface area contributed by atoms with Gasteiger partial charge in [0, 0.05) is 0 Å². The Morgan fingerprint density at radius 1 is 1.29 bits per heavy atom. The molecule has 0 spiro atoms. The van der Waals surface area contributed by atoms with Crippen molar-refractivity contribution < 1.29 is 19.0 Å². The molecule has 0 fully saturated rings. The van der Waals surface area contributed by atoms with Crippen molar-refractivity contribution in [1.29, 1.82) is 0 Å². The van der Waals surface area contributed by atoms with E-state index in [0.29, 0.717) is 11.5 Å². The molecule has 0 aromatic heterocycles. The van der Waals surface area contributed by atoms with Crippen LogP contribution in [0.15, 0.2) is 17.2 Å². The number of methoxy groups -OCH3 is 2. The monoisotopic (exact) mass is 406 g/mol. The van der Waals surface area contributed by atoms with Crippen molar-refractivity contribution >= 4 is 34.9 Å². The predicted octanol–water partition coefficient (Wildman–Crippen LogP) is 3.17. The summed E-state index contributed by atoms with van der Waals surface area (Å²) in [7, 11) is 3.14. The van der Waals surface area contributed by atoms with Crippen molar-refractivity contribution in [3.63, 3.8) is 0 Å². The number of nitrogens with one attached hydrogen (secondary N) is 1. The third kappa shape index (κ3) is 5.78. The van der Waals surface area contributed by atoms with Crippen LogP contribution < -0.4 is 14.9 Å². The Labute approximate surface area is 138 Å². The summed E-state index contributed by atoms with van der Waals surface area (Å²) in [5.41, 5.74) is 2.52. The highest BCUT2D eigenvalue weighted by molar-refractivity contribution is 14.1. The van der Waals surface area contributed by atoms with Gasteiger partial charge in [0.25, 0.3) is 0 Å². The van der Waals surface area contributed by atoms with Gasteiger partial charge in [-0.2, -0.15) is 5.10 Å². The number of halogens is 1. The Balaban J connectivity index is 2.77. The zero-order valence-corrected chi connectivity index (χ0v) is 14.8. The average molecular weight is 406 g/mol. The number of ether oxygens (including phenoxy) is 3. The second kappa shape index (κ2) is 7.48. The maximum absolute atomic E-state index is 11.4. The van der Waals surface area contributed by atoms with Crippen molar-refractivity contribution in [2.24, 2.45) is 5.10 Å². The van der Waals surface area contributed by atoms with E-state index in [1.807, 2.05) is 6.07 Å². The van der Waals surface area contributed by atoms with E-state index in [2.05, 4.69) is 33.1 Å². The minimum absolute atomic E-state index is 0.557. The number of hydrazone groups is 1. The largest absolute Gasteiger partial charge is 0.493 e. The van der Waals surface area contributed by atoms with E-state index in [9.17, 15) is 4.79 Å². The quantitative estimate of drug-likeness (QED) is 0.474. The normalized spacial score (nSPS) is 11.3. The zero-order valence-electron chi connectivity index (χ0n) is 12.7. The van der Waals surface area contributed by atoms with E-state index < -0.39 is 11.7 Å². The van der Waals surface area contributed by atoms with Crippen LogP contribution in [0.25, 0.3) is 0 Å². The van der Waals surface area contributed by atoms with Crippen molar-refractivity contribution in [3.8, 4) is 11.5 Å². The molecule has 0 unspecified atom stereocenters. The minimum atomic E-state index is -0.603.